The second kappa shape index (κ2) is 5.61. The van der Waals surface area contributed by atoms with E-state index in [1.807, 2.05) is 11.8 Å². The summed E-state index contributed by atoms with van der Waals surface area (Å²) >= 11 is 3.03. The quantitative estimate of drug-likeness (QED) is 0.644. The van der Waals surface area contributed by atoms with Crippen LogP contribution in [0.25, 0.3) is 0 Å². The Morgan fingerprint density at radius 3 is 2.29 bits per heavy atom. The zero-order chi connectivity index (χ0) is 13.1. The highest BCUT2D eigenvalue weighted by atomic mass is 79.9. The third-order valence-electron chi connectivity index (χ3n) is 2.00. The van der Waals surface area contributed by atoms with Crippen molar-refractivity contribution in [3.8, 4) is 0 Å². The maximum Gasteiger partial charge on any atom is 0.257 e. The number of sulfonamides is 1. The van der Waals surface area contributed by atoms with Gasteiger partial charge in [0.15, 0.2) is 0 Å². The van der Waals surface area contributed by atoms with Gasteiger partial charge in [-0.15, -0.1) is 4.83 Å². The highest BCUT2D eigenvalue weighted by Gasteiger charge is 2.16. The van der Waals surface area contributed by atoms with Crippen molar-refractivity contribution in [1.29, 1.82) is 0 Å². The number of hydrogen-bond acceptors (Lipinski definition) is 3. The standard InChI is InChI=1S/C10H13BrN2O3S/c1-7-3-5-9(6-4-7)17(15,16)13-12-10(14)8(2)11/h3-6,8,13H,1-2H3,(H,12,14)/t8-/m1/s1. The number of hydrogen-bond donors (Lipinski definition) is 2. The van der Waals surface area contributed by atoms with Gasteiger partial charge in [-0.25, -0.2) is 8.42 Å². The van der Waals surface area contributed by atoms with Gasteiger partial charge in [0.1, 0.15) is 0 Å². The molecule has 0 saturated carbocycles. The first-order valence-corrected chi connectivity index (χ1v) is 7.25. The molecule has 0 aliphatic heterocycles. The second-order valence-corrected chi connectivity index (χ2v) is 6.58. The predicted octanol–water partition coefficient (Wildman–Crippen LogP) is 1.09. The largest absolute Gasteiger partial charge is 0.277 e. The molecule has 0 bridgehead atoms. The first-order chi connectivity index (χ1) is 7.83. The monoisotopic (exact) mass is 320 g/mol. The van der Waals surface area contributed by atoms with E-state index in [0.717, 1.165) is 5.56 Å². The summed E-state index contributed by atoms with van der Waals surface area (Å²) in [4.78, 5) is 12.8. The summed E-state index contributed by atoms with van der Waals surface area (Å²) in [5.41, 5.74) is 3.07. The van der Waals surface area contributed by atoms with Crippen molar-refractivity contribution in [2.45, 2.75) is 23.6 Å². The smallest absolute Gasteiger partial charge is 0.257 e. The zero-order valence-corrected chi connectivity index (χ0v) is 11.8. The van der Waals surface area contributed by atoms with Crippen molar-refractivity contribution in [1.82, 2.24) is 10.3 Å². The first-order valence-electron chi connectivity index (χ1n) is 4.85. The molecule has 1 atom stereocenters. The molecule has 2 N–H and O–H groups in total. The highest BCUT2D eigenvalue weighted by Crippen LogP contribution is 2.09. The van der Waals surface area contributed by atoms with Crippen LogP contribution in [0.1, 0.15) is 12.5 Å². The summed E-state index contributed by atoms with van der Waals surface area (Å²) in [5.74, 6) is -0.458. The molecule has 17 heavy (non-hydrogen) atoms. The lowest BCUT2D eigenvalue weighted by atomic mass is 10.2. The fourth-order valence-corrected chi connectivity index (χ4v) is 1.95. The van der Waals surface area contributed by atoms with E-state index in [1.54, 1.807) is 19.1 Å². The van der Waals surface area contributed by atoms with E-state index in [0.29, 0.717) is 0 Å². The maximum atomic E-state index is 11.7. The van der Waals surface area contributed by atoms with E-state index in [-0.39, 0.29) is 4.90 Å². The number of aryl methyl sites for hydroxylation is 1. The molecule has 1 aromatic rings. The van der Waals surface area contributed by atoms with Crippen LogP contribution < -0.4 is 10.3 Å². The number of carbonyl (C=O) groups is 1. The lowest BCUT2D eigenvalue weighted by molar-refractivity contribution is -0.120. The summed E-state index contributed by atoms with van der Waals surface area (Å²) in [6.07, 6.45) is 0. The molecule has 0 aliphatic rings. The molecule has 7 heteroatoms. The number of amides is 1. The van der Waals surface area contributed by atoms with E-state index in [4.69, 9.17) is 0 Å². The minimum Gasteiger partial charge on any atom is -0.277 e. The van der Waals surface area contributed by atoms with E-state index < -0.39 is 20.8 Å². The fraction of sp³-hybridized carbons (Fsp3) is 0.300. The second-order valence-electron chi connectivity index (χ2n) is 3.52. The summed E-state index contributed by atoms with van der Waals surface area (Å²) in [6.45, 7) is 3.45. The summed E-state index contributed by atoms with van der Waals surface area (Å²) in [5, 5.41) is 0. The number of halogens is 1. The van der Waals surface area contributed by atoms with Crippen LogP contribution in [0.5, 0.6) is 0 Å². The Labute approximate surface area is 109 Å². The Kier molecular flexibility index (Phi) is 4.67. The lowest BCUT2D eigenvalue weighted by Crippen LogP contribution is -2.44. The summed E-state index contributed by atoms with van der Waals surface area (Å²) in [7, 11) is -3.71. The van der Waals surface area contributed by atoms with Crippen LogP contribution in [0.15, 0.2) is 29.2 Å². The topological polar surface area (TPSA) is 75.3 Å². The first kappa shape index (κ1) is 14.1. The number of carbonyl (C=O) groups excluding carboxylic acids is 1. The summed E-state index contributed by atoms with van der Waals surface area (Å²) < 4.78 is 23.5. The Hall–Kier alpha value is -0.920. The van der Waals surface area contributed by atoms with Gasteiger partial charge in [0.2, 0.25) is 5.91 Å². The average Bonchev–Trinajstić information content (AvgIpc) is 2.26. The highest BCUT2D eigenvalue weighted by molar-refractivity contribution is 9.10. The lowest BCUT2D eigenvalue weighted by Gasteiger charge is -2.09. The van der Waals surface area contributed by atoms with Gasteiger partial charge in [-0.3, -0.25) is 10.2 Å². The van der Waals surface area contributed by atoms with Gasteiger partial charge in [-0.05, 0) is 26.0 Å². The van der Waals surface area contributed by atoms with E-state index >= 15 is 0 Å². The molecule has 5 nitrogen and oxygen atoms in total. The van der Waals surface area contributed by atoms with Gasteiger partial charge in [-0.2, -0.15) is 0 Å². The Balaban J connectivity index is 2.76. The third-order valence-corrected chi connectivity index (χ3v) is 3.68. The molecule has 1 rings (SSSR count). The van der Waals surface area contributed by atoms with Crippen LogP contribution in [-0.4, -0.2) is 19.2 Å². The van der Waals surface area contributed by atoms with Crippen LogP contribution in [-0.2, 0) is 14.8 Å². The molecule has 1 amide bonds. The molecule has 0 saturated heterocycles. The molecule has 0 aliphatic carbocycles. The predicted molar refractivity (Wildman–Crippen MR) is 68.0 cm³/mol. The number of benzene rings is 1. The van der Waals surface area contributed by atoms with Crippen molar-refractivity contribution in [2.75, 3.05) is 0 Å². The molecule has 94 valence electrons. The Morgan fingerprint density at radius 1 is 1.29 bits per heavy atom. The molecule has 0 unspecified atom stereocenters. The number of alkyl halides is 1. The van der Waals surface area contributed by atoms with Gasteiger partial charge in [0, 0.05) is 0 Å². The Morgan fingerprint density at radius 2 is 1.82 bits per heavy atom. The number of nitrogens with one attached hydrogen (secondary N) is 2. The van der Waals surface area contributed by atoms with Gasteiger partial charge in [0.05, 0.1) is 9.72 Å². The van der Waals surface area contributed by atoms with Crippen LogP contribution in [0.3, 0.4) is 0 Å². The van der Waals surface area contributed by atoms with Gasteiger partial charge in [0.25, 0.3) is 10.0 Å². The van der Waals surface area contributed by atoms with Crippen LogP contribution in [0.2, 0.25) is 0 Å². The van der Waals surface area contributed by atoms with Crippen molar-refractivity contribution in [3.63, 3.8) is 0 Å². The maximum absolute atomic E-state index is 11.7. The molecule has 1 aromatic carbocycles. The SMILES string of the molecule is Cc1ccc(S(=O)(=O)NNC(=O)[C@@H](C)Br)cc1. The molecule has 0 radical (unpaired) electrons. The van der Waals surface area contributed by atoms with Crippen molar-refractivity contribution in [3.05, 3.63) is 29.8 Å². The summed E-state index contributed by atoms with van der Waals surface area (Å²) in [6, 6.07) is 6.32. The van der Waals surface area contributed by atoms with E-state index in [9.17, 15) is 13.2 Å². The van der Waals surface area contributed by atoms with Gasteiger partial charge < -0.3 is 0 Å². The number of hydrazine groups is 1. The van der Waals surface area contributed by atoms with Crippen molar-refractivity contribution >= 4 is 31.9 Å². The molecule has 0 aromatic heterocycles. The van der Waals surface area contributed by atoms with E-state index in [1.165, 1.54) is 12.1 Å². The van der Waals surface area contributed by atoms with Crippen LogP contribution in [0.4, 0.5) is 0 Å². The average molecular weight is 321 g/mol. The molecule has 0 spiro atoms. The Bertz CT molecular complexity index is 497. The third kappa shape index (κ3) is 4.10. The zero-order valence-electron chi connectivity index (χ0n) is 9.40. The minimum absolute atomic E-state index is 0.102. The van der Waals surface area contributed by atoms with Gasteiger partial charge in [-0.1, -0.05) is 33.6 Å². The molecular formula is C10H13BrN2O3S. The molecule has 0 fully saturated rings. The van der Waals surface area contributed by atoms with E-state index in [2.05, 4.69) is 21.4 Å². The van der Waals surface area contributed by atoms with Crippen molar-refractivity contribution in [2.24, 2.45) is 0 Å². The fourth-order valence-electron chi connectivity index (χ4n) is 0.993. The van der Waals surface area contributed by atoms with Gasteiger partial charge >= 0.3 is 0 Å². The molecule has 0 heterocycles. The normalized spacial score (nSPS) is 13.1. The van der Waals surface area contributed by atoms with Crippen molar-refractivity contribution < 1.29 is 13.2 Å². The van der Waals surface area contributed by atoms with Crippen LogP contribution in [0, 0.1) is 6.92 Å². The molecular weight excluding hydrogens is 308 g/mol. The number of rotatable bonds is 4. The van der Waals surface area contributed by atoms with Crippen LogP contribution >= 0.6 is 15.9 Å². The minimum atomic E-state index is -3.71.